The SMILES string of the molecule is C=CC[C@@]12CC[C@H]([C@H](C)CCCC(C)C)[C@@]1(C)CC[C@H]1C2=CC[C@H]2C(C)(C)[C@@H](OC(=O)c3ccccc3)CC[C@]12C. The van der Waals surface area contributed by atoms with E-state index in [-0.39, 0.29) is 28.3 Å². The number of rotatable bonds is 9. The number of carbonyl (C=O) groups excluding carboxylic acids is 1. The lowest BCUT2D eigenvalue weighted by Gasteiger charge is -2.65. The van der Waals surface area contributed by atoms with Crippen LogP contribution in [-0.2, 0) is 4.74 Å². The second kappa shape index (κ2) is 11.3. The van der Waals surface area contributed by atoms with E-state index in [1.165, 1.54) is 44.9 Å². The number of fused-ring (bicyclic) bond motifs is 5. The van der Waals surface area contributed by atoms with Crippen LogP contribution in [0.1, 0.15) is 129 Å². The Kier molecular flexibility index (Phi) is 8.48. The van der Waals surface area contributed by atoms with E-state index in [4.69, 9.17) is 4.74 Å². The number of esters is 1. The van der Waals surface area contributed by atoms with Crippen molar-refractivity contribution in [1.82, 2.24) is 0 Å². The zero-order valence-electron chi connectivity index (χ0n) is 27.3. The van der Waals surface area contributed by atoms with Crippen molar-refractivity contribution in [3.63, 3.8) is 0 Å². The van der Waals surface area contributed by atoms with Gasteiger partial charge in [-0.25, -0.2) is 4.79 Å². The maximum atomic E-state index is 13.1. The summed E-state index contributed by atoms with van der Waals surface area (Å²) in [6.07, 6.45) is 18.7. The van der Waals surface area contributed by atoms with Gasteiger partial charge in [0, 0.05) is 10.8 Å². The fourth-order valence-corrected chi connectivity index (χ4v) is 11.2. The summed E-state index contributed by atoms with van der Waals surface area (Å²) < 4.78 is 6.28. The van der Waals surface area contributed by atoms with Crippen LogP contribution in [0.25, 0.3) is 0 Å². The highest BCUT2D eigenvalue weighted by Crippen LogP contribution is 2.74. The predicted molar refractivity (Wildman–Crippen MR) is 172 cm³/mol. The van der Waals surface area contributed by atoms with Gasteiger partial charge in [-0.3, -0.25) is 0 Å². The number of benzene rings is 1. The monoisotopic (exact) mass is 558 g/mol. The summed E-state index contributed by atoms with van der Waals surface area (Å²) in [6, 6.07) is 9.53. The molecule has 0 amide bonds. The summed E-state index contributed by atoms with van der Waals surface area (Å²) in [7, 11) is 0. The minimum absolute atomic E-state index is 0.0400. The van der Waals surface area contributed by atoms with Crippen molar-refractivity contribution in [2.45, 2.75) is 125 Å². The second-order valence-corrected chi connectivity index (χ2v) is 16.1. The summed E-state index contributed by atoms with van der Waals surface area (Å²) in [4.78, 5) is 13.1. The van der Waals surface area contributed by atoms with Crippen LogP contribution in [-0.4, -0.2) is 12.1 Å². The first-order valence-corrected chi connectivity index (χ1v) is 17.0. The highest BCUT2D eigenvalue weighted by Gasteiger charge is 2.66. The quantitative estimate of drug-likeness (QED) is 0.222. The Morgan fingerprint density at radius 3 is 2.41 bits per heavy atom. The molecule has 41 heavy (non-hydrogen) atoms. The Labute approximate surface area is 251 Å². The van der Waals surface area contributed by atoms with Crippen LogP contribution in [0.5, 0.6) is 0 Å². The van der Waals surface area contributed by atoms with Crippen LogP contribution >= 0.6 is 0 Å². The lowest BCUT2D eigenvalue weighted by atomic mass is 9.40. The van der Waals surface area contributed by atoms with Crippen molar-refractivity contribution >= 4 is 5.97 Å². The maximum Gasteiger partial charge on any atom is 0.338 e. The van der Waals surface area contributed by atoms with Gasteiger partial charge in [-0.2, -0.15) is 0 Å². The summed E-state index contributed by atoms with van der Waals surface area (Å²) in [6.45, 7) is 21.7. The molecule has 0 bridgehead atoms. The van der Waals surface area contributed by atoms with Crippen LogP contribution in [0.3, 0.4) is 0 Å². The molecule has 0 N–H and O–H groups in total. The average Bonchev–Trinajstić information content (AvgIpc) is 3.23. The van der Waals surface area contributed by atoms with Gasteiger partial charge in [0.1, 0.15) is 6.10 Å². The van der Waals surface area contributed by atoms with Gasteiger partial charge >= 0.3 is 5.97 Å². The van der Waals surface area contributed by atoms with Crippen LogP contribution in [0.2, 0.25) is 0 Å². The van der Waals surface area contributed by atoms with Gasteiger partial charge in [-0.15, -0.1) is 6.58 Å². The number of ether oxygens (including phenoxy) is 1. The van der Waals surface area contributed by atoms with E-state index in [2.05, 4.69) is 67.2 Å². The number of hydrogen-bond acceptors (Lipinski definition) is 2. The van der Waals surface area contributed by atoms with Crippen molar-refractivity contribution in [1.29, 1.82) is 0 Å². The molecule has 226 valence electrons. The molecule has 5 rings (SSSR count). The first kappa shape index (κ1) is 30.6. The molecule has 0 unspecified atom stereocenters. The minimum Gasteiger partial charge on any atom is -0.458 e. The Bertz CT molecular complexity index is 1130. The Balaban J connectivity index is 1.41. The van der Waals surface area contributed by atoms with E-state index in [1.807, 2.05) is 30.3 Å². The first-order chi connectivity index (χ1) is 19.4. The normalized spacial score (nSPS) is 38.3. The molecule has 0 aromatic heterocycles. The minimum atomic E-state index is -0.169. The molecule has 1 aromatic rings. The molecule has 2 heteroatoms. The molecule has 4 aliphatic carbocycles. The molecule has 1 aromatic carbocycles. The number of hydrogen-bond donors (Lipinski definition) is 0. The molecule has 0 saturated heterocycles. The van der Waals surface area contributed by atoms with Gasteiger partial charge in [0.05, 0.1) is 5.56 Å². The largest absolute Gasteiger partial charge is 0.458 e. The van der Waals surface area contributed by atoms with Crippen molar-refractivity contribution in [2.24, 2.45) is 51.2 Å². The van der Waals surface area contributed by atoms with E-state index in [0.29, 0.717) is 22.8 Å². The predicted octanol–water partition coefficient (Wildman–Crippen LogP) is 10.8. The van der Waals surface area contributed by atoms with E-state index in [0.717, 1.165) is 43.4 Å². The molecule has 2 nitrogen and oxygen atoms in total. The molecular formula is C39H58O2. The van der Waals surface area contributed by atoms with E-state index >= 15 is 0 Å². The third-order valence-corrected chi connectivity index (χ3v) is 13.4. The molecule has 3 fully saturated rings. The van der Waals surface area contributed by atoms with E-state index < -0.39 is 0 Å². The van der Waals surface area contributed by atoms with Crippen molar-refractivity contribution < 1.29 is 9.53 Å². The van der Waals surface area contributed by atoms with Gasteiger partial charge in [-0.1, -0.05) is 104 Å². The molecule has 3 saturated carbocycles. The second-order valence-electron chi connectivity index (χ2n) is 16.1. The zero-order chi connectivity index (χ0) is 29.6. The Hall–Kier alpha value is -1.83. The number of carbonyl (C=O) groups is 1. The standard InChI is InChI=1S/C39H58O2/c1-9-23-39-26-21-30(28(4)15-13-14-27(2)3)38(39,8)25-20-31-32(39)18-19-33-36(5,6)34(22-24-37(31,33)7)41-35(40)29-16-11-10-12-17-29/h9-12,16-18,27-28,30-31,33-34H,1,13-15,19-26H2,2-8H3/t28-,30-,31+,33+,34+,37-,38-,39+/m1/s1. The molecule has 0 spiro atoms. The van der Waals surface area contributed by atoms with Gasteiger partial charge < -0.3 is 4.74 Å². The maximum absolute atomic E-state index is 13.1. The third-order valence-electron chi connectivity index (χ3n) is 13.4. The van der Waals surface area contributed by atoms with E-state index in [1.54, 1.807) is 5.57 Å². The highest BCUT2D eigenvalue weighted by molar-refractivity contribution is 5.89. The average molecular weight is 559 g/mol. The van der Waals surface area contributed by atoms with Crippen molar-refractivity contribution in [3.05, 3.63) is 60.2 Å². The molecule has 0 aliphatic heterocycles. The molecule has 4 aliphatic rings. The van der Waals surface area contributed by atoms with Crippen LogP contribution in [0.15, 0.2) is 54.6 Å². The van der Waals surface area contributed by atoms with Gasteiger partial charge in [0.15, 0.2) is 0 Å². The van der Waals surface area contributed by atoms with E-state index in [9.17, 15) is 4.79 Å². The Morgan fingerprint density at radius 2 is 1.73 bits per heavy atom. The van der Waals surface area contributed by atoms with Crippen LogP contribution in [0, 0.1) is 51.2 Å². The molecule has 8 atom stereocenters. The topological polar surface area (TPSA) is 26.3 Å². The van der Waals surface area contributed by atoms with Crippen molar-refractivity contribution in [2.75, 3.05) is 0 Å². The summed E-state index contributed by atoms with van der Waals surface area (Å²) >= 11 is 0. The van der Waals surface area contributed by atoms with Gasteiger partial charge in [0.25, 0.3) is 0 Å². The Morgan fingerprint density at radius 1 is 1.00 bits per heavy atom. The van der Waals surface area contributed by atoms with Gasteiger partial charge in [-0.05, 0) is 104 Å². The molecule has 0 heterocycles. The lowest BCUT2D eigenvalue weighted by molar-refractivity contribution is -0.136. The number of allylic oxidation sites excluding steroid dienone is 3. The smallest absolute Gasteiger partial charge is 0.338 e. The van der Waals surface area contributed by atoms with Crippen molar-refractivity contribution in [3.8, 4) is 0 Å². The fourth-order valence-electron chi connectivity index (χ4n) is 11.2. The summed E-state index contributed by atoms with van der Waals surface area (Å²) in [5, 5.41) is 0. The zero-order valence-corrected chi connectivity index (χ0v) is 27.3. The fraction of sp³-hybridized carbons (Fsp3) is 0.718. The summed E-state index contributed by atoms with van der Waals surface area (Å²) in [5.74, 6) is 3.39. The summed E-state index contributed by atoms with van der Waals surface area (Å²) in [5.41, 5.74) is 3.28. The third kappa shape index (κ3) is 4.98. The first-order valence-electron chi connectivity index (χ1n) is 17.0. The van der Waals surface area contributed by atoms with Crippen LogP contribution in [0.4, 0.5) is 0 Å². The molecule has 0 radical (unpaired) electrons. The lowest BCUT2D eigenvalue weighted by Crippen LogP contribution is -2.59. The highest BCUT2D eigenvalue weighted by atomic mass is 16.5. The molecular weight excluding hydrogens is 500 g/mol. The van der Waals surface area contributed by atoms with Crippen LogP contribution < -0.4 is 0 Å². The van der Waals surface area contributed by atoms with Gasteiger partial charge in [0.2, 0.25) is 0 Å².